The first-order valence-corrected chi connectivity index (χ1v) is 8.04. The van der Waals surface area contributed by atoms with Gasteiger partial charge in [-0.2, -0.15) is 0 Å². The number of aromatic nitrogens is 1. The molecule has 0 unspecified atom stereocenters. The number of ether oxygens (including phenoxy) is 2. The largest absolute Gasteiger partial charge is 0.491 e. The van der Waals surface area contributed by atoms with Crippen LogP contribution in [-0.2, 0) is 17.9 Å². The molecule has 114 valence electrons. The van der Waals surface area contributed by atoms with E-state index < -0.39 is 0 Å². The molecule has 0 aliphatic rings. The Labute approximate surface area is 130 Å². The van der Waals surface area contributed by atoms with Crippen molar-refractivity contribution in [2.45, 2.75) is 33.0 Å². The maximum atomic E-state index is 5.58. The Kier molecular flexibility index (Phi) is 6.66. The first-order chi connectivity index (χ1) is 10.2. The van der Waals surface area contributed by atoms with Gasteiger partial charge in [0.25, 0.3) is 0 Å². The van der Waals surface area contributed by atoms with Crippen molar-refractivity contribution in [3.63, 3.8) is 0 Å². The van der Waals surface area contributed by atoms with Crippen LogP contribution in [0.4, 0.5) is 0 Å². The van der Waals surface area contributed by atoms with Gasteiger partial charge >= 0.3 is 0 Å². The molecule has 1 aromatic heterocycles. The zero-order valence-electron chi connectivity index (χ0n) is 12.5. The van der Waals surface area contributed by atoms with Crippen molar-refractivity contribution in [3.8, 4) is 5.75 Å². The molecule has 1 heterocycles. The molecule has 1 aromatic carbocycles. The summed E-state index contributed by atoms with van der Waals surface area (Å²) in [6, 6.07) is 10.2. The molecule has 0 spiro atoms. The Morgan fingerprint density at radius 1 is 1.19 bits per heavy atom. The first-order valence-electron chi connectivity index (χ1n) is 7.16. The Hall–Kier alpha value is -1.43. The maximum absolute atomic E-state index is 5.58. The van der Waals surface area contributed by atoms with Gasteiger partial charge in [0.05, 0.1) is 18.9 Å². The summed E-state index contributed by atoms with van der Waals surface area (Å²) in [6.45, 7) is 6.73. The average Bonchev–Trinajstić information content (AvgIpc) is 2.94. The average molecular weight is 306 g/mol. The Bertz CT molecular complexity index is 514. The highest BCUT2D eigenvalue weighted by Crippen LogP contribution is 2.11. The fourth-order valence-corrected chi connectivity index (χ4v) is 2.43. The predicted octanol–water partition coefficient (Wildman–Crippen LogP) is 3.24. The number of thiazole rings is 1. The van der Waals surface area contributed by atoms with Crippen molar-refractivity contribution >= 4 is 11.3 Å². The predicted molar refractivity (Wildman–Crippen MR) is 85.7 cm³/mol. The first kappa shape index (κ1) is 15.9. The van der Waals surface area contributed by atoms with Gasteiger partial charge < -0.3 is 14.8 Å². The van der Waals surface area contributed by atoms with E-state index in [2.05, 4.69) is 29.5 Å². The number of benzene rings is 1. The molecule has 1 N–H and O–H groups in total. The third kappa shape index (κ3) is 6.25. The zero-order chi connectivity index (χ0) is 14.9. The minimum Gasteiger partial charge on any atom is -0.491 e. The van der Waals surface area contributed by atoms with Crippen LogP contribution in [0.2, 0.25) is 0 Å². The van der Waals surface area contributed by atoms with E-state index in [4.69, 9.17) is 9.47 Å². The van der Waals surface area contributed by atoms with Crippen molar-refractivity contribution in [1.82, 2.24) is 10.3 Å². The minimum absolute atomic E-state index is 0.476. The SMILES string of the molecule is CC(C)NCc1nc(COCCOc2ccccc2)cs1. The third-order valence-electron chi connectivity index (χ3n) is 2.75. The molecule has 0 amide bonds. The molecule has 2 rings (SSSR count). The minimum atomic E-state index is 0.476. The van der Waals surface area contributed by atoms with Crippen LogP contribution >= 0.6 is 11.3 Å². The third-order valence-corrected chi connectivity index (χ3v) is 3.65. The molecule has 0 bridgehead atoms. The number of rotatable bonds is 9. The van der Waals surface area contributed by atoms with Gasteiger partial charge in [-0.25, -0.2) is 4.98 Å². The number of nitrogens with one attached hydrogen (secondary N) is 1. The number of hydrogen-bond acceptors (Lipinski definition) is 5. The Morgan fingerprint density at radius 2 is 2.00 bits per heavy atom. The zero-order valence-corrected chi connectivity index (χ0v) is 13.4. The molecule has 0 fully saturated rings. The van der Waals surface area contributed by atoms with Gasteiger partial charge in [0.1, 0.15) is 17.4 Å². The molecular formula is C16H22N2O2S. The molecule has 0 saturated heterocycles. The van der Waals surface area contributed by atoms with E-state index >= 15 is 0 Å². The van der Waals surface area contributed by atoms with E-state index in [9.17, 15) is 0 Å². The van der Waals surface area contributed by atoms with E-state index in [1.54, 1.807) is 11.3 Å². The van der Waals surface area contributed by atoms with Crippen LogP contribution in [0.1, 0.15) is 24.5 Å². The second-order valence-electron chi connectivity index (χ2n) is 4.98. The van der Waals surface area contributed by atoms with Crippen molar-refractivity contribution < 1.29 is 9.47 Å². The topological polar surface area (TPSA) is 43.4 Å². The van der Waals surface area contributed by atoms with Crippen LogP contribution in [0.15, 0.2) is 35.7 Å². The van der Waals surface area contributed by atoms with Gasteiger partial charge in [-0.05, 0) is 12.1 Å². The second-order valence-corrected chi connectivity index (χ2v) is 5.92. The number of para-hydroxylation sites is 1. The van der Waals surface area contributed by atoms with Gasteiger partial charge in [-0.1, -0.05) is 32.0 Å². The normalized spacial score (nSPS) is 11.0. The maximum Gasteiger partial charge on any atom is 0.119 e. The van der Waals surface area contributed by atoms with Crippen molar-refractivity contribution in [2.24, 2.45) is 0 Å². The van der Waals surface area contributed by atoms with E-state index in [0.717, 1.165) is 23.0 Å². The molecule has 0 aliphatic carbocycles. The summed E-state index contributed by atoms with van der Waals surface area (Å²) in [6.07, 6.45) is 0. The Balaban J connectivity index is 1.60. The van der Waals surface area contributed by atoms with Crippen LogP contribution < -0.4 is 10.1 Å². The van der Waals surface area contributed by atoms with Crippen molar-refractivity contribution in [3.05, 3.63) is 46.4 Å². The van der Waals surface area contributed by atoms with E-state index in [0.29, 0.717) is 25.9 Å². The number of nitrogens with zero attached hydrogens (tertiary/aromatic N) is 1. The Morgan fingerprint density at radius 3 is 2.76 bits per heavy atom. The summed E-state index contributed by atoms with van der Waals surface area (Å²) >= 11 is 1.67. The lowest BCUT2D eigenvalue weighted by molar-refractivity contribution is 0.0872. The van der Waals surface area contributed by atoms with E-state index in [-0.39, 0.29) is 0 Å². The summed E-state index contributed by atoms with van der Waals surface area (Å²) < 4.78 is 11.1. The molecule has 2 aromatic rings. The van der Waals surface area contributed by atoms with Gasteiger partial charge in [0.15, 0.2) is 0 Å². The second kappa shape index (κ2) is 8.77. The van der Waals surface area contributed by atoms with E-state index in [1.807, 2.05) is 30.3 Å². The van der Waals surface area contributed by atoms with Crippen LogP contribution in [-0.4, -0.2) is 24.2 Å². The molecule has 0 saturated carbocycles. The van der Waals surface area contributed by atoms with Crippen molar-refractivity contribution in [1.29, 1.82) is 0 Å². The van der Waals surface area contributed by atoms with Crippen LogP contribution in [0.3, 0.4) is 0 Å². The fourth-order valence-electron chi connectivity index (χ4n) is 1.70. The highest BCUT2D eigenvalue weighted by molar-refractivity contribution is 7.09. The van der Waals surface area contributed by atoms with Gasteiger partial charge in [0, 0.05) is 18.0 Å². The smallest absolute Gasteiger partial charge is 0.119 e. The molecule has 0 radical (unpaired) electrons. The summed E-state index contributed by atoms with van der Waals surface area (Å²) in [5.41, 5.74) is 0.986. The monoisotopic (exact) mass is 306 g/mol. The van der Waals surface area contributed by atoms with Gasteiger partial charge in [-0.15, -0.1) is 11.3 Å². The summed E-state index contributed by atoms with van der Waals surface area (Å²) in [5, 5.41) is 6.51. The van der Waals surface area contributed by atoms with Crippen LogP contribution in [0.5, 0.6) is 5.75 Å². The highest BCUT2D eigenvalue weighted by atomic mass is 32.1. The lowest BCUT2D eigenvalue weighted by Gasteiger charge is -2.06. The van der Waals surface area contributed by atoms with Gasteiger partial charge in [-0.3, -0.25) is 0 Å². The quantitative estimate of drug-likeness (QED) is 0.722. The number of hydrogen-bond donors (Lipinski definition) is 1. The summed E-state index contributed by atoms with van der Waals surface area (Å²) in [7, 11) is 0. The van der Waals surface area contributed by atoms with Gasteiger partial charge in [0.2, 0.25) is 0 Å². The molecule has 5 heteroatoms. The lowest BCUT2D eigenvalue weighted by atomic mass is 10.3. The molecular weight excluding hydrogens is 284 g/mol. The molecule has 0 atom stereocenters. The lowest BCUT2D eigenvalue weighted by Crippen LogP contribution is -2.21. The summed E-state index contributed by atoms with van der Waals surface area (Å²) in [5.74, 6) is 0.872. The molecule has 21 heavy (non-hydrogen) atoms. The van der Waals surface area contributed by atoms with Crippen LogP contribution in [0.25, 0.3) is 0 Å². The standard InChI is InChI=1S/C16H22N2O2S/c1-13(2)17-10-16-18-14(12-21-16)11-19-8-9-20-15-6-4-3-5-7-15/h3-7,12-13,17H,8-11H2,1-2H3. The molecule has 0 aliphatic heterocycles. The summed E-state index contributed by atoms with van der Waals surface area (Å²) in [4.78, 5) is 4.53. The molecule has 4 nitrogen and oxygen atoms in total. The highest BCUT2D eigenvalue weighted by Gasteiger charge is 2.03. The van der Waals surface area contributed by atoms with Crippen molar-refractivity contribution in [2.75, 3.05) is 13.2 Å². The van der Waals surface area contributed by atoms with Crippen LogP contribution in [0, 0.1) is 0 Å². The van der Waals surface area contributed by atoms with E-state index in [1.165, 1.54) is 0 Å². The fraction of sp³-hybridized carbons (Fsp3) is 0.438.